The van der Waals surface area contributed by atoms with Crippen LogP contribution in [0.3, 0.4) is 0 Å². The van der Waals surface area contributed by atoms with E-state index in [2.05, 4.69) is 24.5 Å². The third-order valence-electron chi connectivity index (χ3n) is 3.47. The lowest BCUT2D eigenvalue weighted by atomic mass is 9.97. The first-order valence-electron chi connectivity index (χ1n) is 6.69. The van der Waals surface area contributed by atoms with Gasteiger partial charge in [-0.1, -0.05) is 26.2 Å². The van der Waals surface area contributed by atoms with Gasteiger partial charge in [0.1, 0.15) is 0 Å². The van der Waals surface area contributed by atoms with Gasteiger partial charge in [-0.25, -0.2) is 0 Å². The van der Waals surface area contributed by atoms with Crippen molar-refractivity contribution in [1.29, 1.82) is 0 Å². The van der Waals surface area contributed by atoms with Crippen molar-refractivity contribution in [3.8, 4) is 0 Å². The highest BCUT2D eigenvalue weighted by atomic mass is 32.1. The van der Waals surface area contributed by atoms with Crippen LogP contribution in [0.15, 0.2) is 0 Å². The molecule has 0 amide bonds. The van der Waals surface area contributed by atoms with Crippen molar-refractivity contribution in [3.63, 3.8) is 0 Å². The summed E-state index contributed by atoms with van der Waals surface area (Å²) in [6.07, 6.45) is 6.59. The maximum absolute atomic E-state index is 5.34. The maximum Gasteiger partial charge on any atom is 0.166 e. The SMILES string of the molecule is COCC(C)NC(=S)NC1CCCCCC1C. The molecule has 1 aliphatic carbocycles. The van der Waals surface area contributed by atoms with Crippen molar-refractivity contribution in [1.82, 2.24) is 10.6 Å². The summed E-state index contributed by atoms with van der Waals surface area (Å²) in [6.45, 7) is 5.08. The topological polar surface area (TPSA) is 33.3 Å². The summed E-state index contributed by atoms with van der Waals surface area (Å²) >= 11 is 5.34. The monoisotopic (exact) mass is 258 g/mol. The molecule has 3 atom stereocenters. The van der Waals surface area contributed by atoms with Gasteiger partial charge in [0.25, 0.3) is 0 Å². The van der Waals surface area contributed by atoms with E-state index in [1.54, 1.807) is 7.11 Å². The van der Waals surface area contributed by atoms with E-state index in [1.807, 2.05) is 0 Å². The summed E-state index contributed by atoms with van der Waals surface area (Å²) in [7, 11) is 1.71. The van der Waals surface area contributed by atoms with Crippen LogP contribution in [0.2, 0.25) is 0 Å². The fraction of sp³-hybridized carbons (Fsp3) is 0.923. The molecule has 0 aromatic rings. The molecule has 0 heterocycles. The Labute approximate surface area is 111 Å². The van der Waals surface area contributed by atoms with Crippen LogP contribution in [-0.4, -0.2) is 30.9 Å². The Balaban J connectivity index is 2.33. The molecule has 100 valence electrons. The Morgan fingerprint density at radius 1 is 1.35 bits per heavy atom. The lowest BCUT2D eigenvalue weighted by Gasteiger charge is -2.26. The Morgan fingerprint density at radius 3 is 2.76 bits per heavy atom. The van der Waals surface area contributed by atoms with Crippen molar-refractivity contribution < 1.29 is 4.74 Å². The first kappa shape index (κ1) is 14.7. The Kier molecular flexibility index (Phi) is 6.82. The second-order valence-electron chi connectivity index (χ2n) is 5.20. The zero-order chi connectivity index (χ0) is 12.7. The first-order chi connectivity index (χ1) is 8.13. The summed E-state index contributed by atoms with van der Waals surface area (Å²) in [5.41, 5.74) is 0. The van der Waals surface area contributed by atoms with Crippen molar-refractivity contribution in [2.45, 2.75) is 58.0 Å². The number of hydrogen-bond acceptors (Lipinski definition) is 2. The second kappa shape index (κ2) is 7.88. The van der Waals surface area contributed by atoms with E-state index in [-0.39, 0.29) is 6.04 Å². The van der Waals surface area contributed by atoms with Gasteiger partial charge in [-0.2, -0.15) is 0 Å². The van der Waals surface area contributed by atoms with Crippen LogP contribution >= 0.6 is 12.2 Å². The molecule has 3 unspecified atom stereocenters. The number of hydrogen-bond donors (Lipinski definition) is 2. The molecule has 1 rings (SSSR count). The maximum atomic E-state index is 5.34. The van der Waals surface area contributed by atoms with E-state index < -0.39 is 0 Å². The van der Waals surface area contributed by atoms with Crippen LogP contribution < -0.4 is 10.6 Å². The quantitative estimate of drug-likeness (QED) is 0.599. The molecule has 0 aliphatic heterocycles. The smallest absolute Gasteiger partial charge is 0.166 e. The highest BCUT2D eigenvalue weighted by molar-refractivity contribution is 7.80. The summed E-state index contributed by atoms with van der Waals surface area (Å²) in [4.78, 5) is 0. The van der Waals surface area contributed by atoms with E-state index in [1.165, 1.54) is 32.1 Å². The van der Waals surface area contributed by atoms with Gasteiger partial charge < -0.3 is 15.4 Å². The lowest BCUT2D eigenvalue weighted by Crippen LogP contribution is -2.48. The minimum atomic E-state index is 0.265. The van der Waals surface area contributed by atoms with Gasteiger partial charge in [0.15, 0.2) is 5.11 Å². The minimum Gasteiger partial charge on any atom is -0.383 e. The van der Waals surface area contributed by atoms with Gasteiger partial charge >= 0.3 is 0 Å². The molecule has 0 spiro atoms. The van der Waals surface area contributed by atoms with Crippen molar-refractivity contribution in [3.05, 3.63) is 0 Å². The molecule has 0 radical (unpaired) electrons. The average molecular weight is 258 g/mol. The van der Waals surface area contributed by atoms with Crippen LogP contribution in [0.4, 0.5) is 0 Å². The number of thiocarbonyl (C=S) groups is 1. The highest BCUT2D eigenvalue weighted by Crippen LogP contribution is 2.22. The third-order valence-corrected chi connectivity index (χ3v) is 3.71. The van der Waals surface area contributed by atoms with Crippen molar-refractivity contribution in [2.24, 2.45) is 5.92 Å². The summed E-state index contributed by atoms with van der Waals surface area (Å²) in [5, 5.41) is 7.50. The molecule has 0 bridgehead atoms. The van der Waals surface area contributed by atoms with Crippen LogP contribution in [0.25, 0.3) is 0 Å². The zero-order valence-electron chi connectivity index (χ0n) is 11.3. The summed E-state index contributed by atoms with van der Waals surface area (Å²) in [6, 6.07) is 0.799. The Morgan fingerprint density at radius 2 is 2.06 bits per heavy atom. The minimum absolute atomic E-state index is 0.265. The molecule has 1 saturated carbocycles. The molecule has 3 nitrogen and oxygen atoms in total. The predicted octanol–water partition coefficient (Wildman–Crippen LogP) is 2.45. The standard InChI is InChI=1S/C13H26N2OS/c1-10-7-5-4-6-8-12(10)15-13(17)14-11(2)9-16-3/h10-12H,4-9H2,1-3H3,(H2,14,15,17). The van der Waals surface area contributed by atoms with E-state index in [0.717, 1.165) is 11.0 Å². The number of rotatable bonds is 4. The van der Waals surface area contributed by atoms with Crippen LogP contribution in [0.1, 0.15) is 46.0 Å². The normalized spacial score (nSPS) is 27.0. The Hall–Kier alpha value is -0.350. The largest absolute Gasteiger partial charge is 0.383 e. The number of methoxy groups -OCH3 is 1. The van der Waals surface area contributed by atoms with E-state index in [0.29, 0.717) is 12.6 Å². The highest BCUT2D eigenvalue weighted by Gasteiger charge is 2.20. The van der Waals surface area contributed by atoms with Gasteiger partial charge in [0, 0.05) is 19.2 Å². The summed E-state index contributed by atoms with van der Waals surface area (Å²) in [5.74, 6) is 0.718. The molecular formula is C13H26N2OS. The van der Waals surface area contributed by atoms with Gasteiger partial charge in [-0.05, 0) is 37.9 Å². The molecule has 4 heteroatoms. The molecule has 1 aliphatic rings. The van der Waals surface area contributed by atoms with E-state index in [4.69, 9.17) is 17.0 Å². The zero-order valence-corrected chi connectivity index (χ0v) is 12.1. The first-order valence-corrected chi connectivity index (χ1v) is 7.10. The van der Waals surface area contributed by atoms with Crippen molar-refractivity contribution in [2.75, 3.05) is 13.7 Å². The van der Waals surface area contributed by atoms with E-state index >= 15 is 0 Å². The van der Waals surface area contributed by atoms with Gasteiger partial charge in [0.2, 0.25) is 0 Å². The fourth-order valence-corrected chi connectivity index (χ4v) is 2.79. The molecule has 0 aromatic heterocycles. The molecule has 1 fully saturated rings. The number of ether oxygens (including phenoxy) is 1. The second-order valence-corrected chi connectivity index (χ2v) is 5.60. The average Bonchev–Trinajstić information content (AvgIpc) is 2.44. The van der Waals surface area contributed by atoms with Crippen LogP contribution in [-0.2, 0) is 4.74 Å². The van der Waals surface area contributed by atoms with Gasteiger partial charge in [-0.15, -0.1) is 0 Å². The Bertz CT molecular complexity index is 235. The molecule has 0 aromatic carbocycles. The number of nitrogens with one attached hydrogen (secondary N) is 2. The molecular weight excluding hydrogens is 232 g/mol. The molecule has 17 heavy (non-hydrogen) atoms. The summed E-state index contributed by atoms with van der Waals surface area (Å²) < 4.78 is 5.09. The third kappa shape index (κ3) is 5.68. The van der Waals surface area contributed by atoms with Gasteiger partial charge in [0.05, 0.1) is 6.61 Å². The lowest BCUT2D eigenvalue weighted by molar-refractivity contribution is 0.179. The van der Waals surface area contributed by atoms with Crippen LogP contribution in [0, 0.1) is 5.92 Å². The van der Waals surface area contributed by atoms with E-state index in [9.17, 15) is 0 Å². The predicted molar refractivity (Wildman–Crippen MR) is 76.2 cm³/mol. The fourth-order valence-electron chi connectivity index (χ4n) is 2.43. The van der Waals surface area contributed by atoms with Crippen molar-refractivity contribution >= 4 is 17.3 Å². The van der Waals surface area contributed by atoms with Gasteiger partial charge in [-0.3, -0.25) is 0 Å². The molecule has 0 saturated heterocycles. The molecule has 2 N–H and O–H groups in total. The van der Waals surface area contributed by atoms with Crippen LogP contribution in [0.5, 0.6) is 0 Å².